The van der Waals surface area contributed by atoms with Crippen LogP contribution in [-0.2, 0) is 14.3 Å². The number of nitrogens with one attached hydrogen (secondary N) is 1. The molecule has 3 aliphatic heterocycles. The molecular formula is C28H36N6O4. The molecule has 3 aliphatic rings. The molecule has 1 aromatic rings. The average molecular weight is 521 g/mol. The molecule has 1 N–H and O–H groups in total. The van der Waals surface area contributed by atoms with Gasteiger partial charge in [0.15, 0.2) is 0 Å². The molecule has 3 amide bonds. The van der Waals surface area contributed by atoms with Gasteiger partial charge in [0, 0.05) is 25.7 Å². The number of ether oxygens (including phenoxy) is 1. The molecule has 0 saturated carbocycles. The van der Waals surface area contributed by atoms with Crippen molar-refractivity contribution in [3.05, 3.63) is 35.4 Å². The molecule has 4 rings (SSSR count). The number of rotatable bonds is 6. The zero-order valence-corrected chi connectivity index (χ0v) is 22.7. The first-order valence-corrected chi connectivity index (χ1v) is 13.2. The minimum absolute atomic E-state index is 0.00808. The van der Waals surface area contributed by atoms with Gasteiger partial charge in [-0.05, 0) is 64.2 Å². The first-order chi connectivity index (χ1) is 17.9. The summed E-state index contributed by atoms with van der Waals surface area (Å²) < 4.78 is 5.42. The van der Waals surface area contributed by atoms with Crippen LogP contribution in [-0.4, -0.2) is 82.0 Å². The third-order valence-corrected chi connectivity index (χ3v) is 7.60. The van der Waals surface area contributed by atoms with Gasteiger partial charge in [0.25, 0.3) is 0 Å². The normalized spacial score (nSPS) is 26.6. The second-order valence-corrected chi connectivity index (χ2v) is 11.7. The predicted octanol–water partition coefficient (Wildman–Crippen LogP) is 2.56. The smallest absolute Gasteiger partial charge is 0.408 e. The first-order valence-electron chi connectivity index (χ1n) is 13.2. The summed E-state index contributed by atoms with van der Waals surface area (Å²) in [5, 5.41) is 21.4. The summed E-state index contributed by atoms with van der Waals surface area (Å²) in [6.07, 6.45) is 0.536. The fourth-order valence-electron chi connectivity index (χ4n) is 5.88. The van der Waals surface area contributed by atoms with E-state index in [1.54, 1.807) is 37.8 Å². The van der Waals surface area contributed by atoms with Crippen LogP contribution in [0.25, 0.3) is 0 Å². The van der Waals surface area contributed by atoms with Crippen molar-refractivity contribution in [2.75, 3.05) is 19.6 Å². The monoisotopic (exact) mass is 520 g/mol. The fraction of sp³-hybridized carbons (Fsp3) is 0.607. The van der Waals surface area contributed by atoms with Gasteiger partial charge in [-0.2, -0.15) is 10.5 Å². The van der Waals surface area contributed by atoms with Crippen LogP contribution in [0.4, 0.5) is 4.79 Å². The molecule has 0 radical (unpaired) electrons. The van der Waals surface area contributed by atoms with Crippen molar-refractivity contribution in [2.24, 2.45) is 5.92 Å². The van der Waals surface area contributed by atoms with Crippen molar-refractivity contribution in [2.45, 2.75) is 83.3 Å². The highest BCUT2D eigenvalue weighted by molar-refractivity contribution is 5.88. The topological polar surface area (TPSA) is 130 Å². The third-order valence-electron chi connectivity index (χ3n) is 7.60. The van der Waals surface area contributed by atoms with Gasteiger partial charge >= 0.3 is 6.09 Å². The summed E-state index contributed by atoms with van der Waals surface area (Å²) in [7, 11) is 0. The van der Waals surface area contributed by atoms with Crippen molar-refractivity contribution in [1.82, 2.24) is 20.0 Å². The fourth-order valence-corrected chi connectivity index (χ4v) is 5.88. The van der Waals surface area contributed by atoms with Gasteiger partial charge in [-0.15, -0.1) is 0 Å². The summed E-state index contributed by atoms with van der Waals surface area (Å²) in [5.74, 6) is -0.150. The molecule has 0 aliphatic carbocycles. The highest BCUT2D eigenvalue weighted by Gasteiger charge is 2.52. The maximum atomic E-state index is 13.6. The molecular weight excluding hydrogens is 484 g/mol. The standard InChI is InChI=1S/C28H36N6O4/c1-17-10-21(13-30)33(14-17)25(35)23(31-27(37)38-28(3,4)5)16-32-15-22-11-24(32)26(36)34(22)18(2)20-8-6-19(12-29)7-9-20/h6-9,17-18,21-24H,10-11,14-16H2,1-5H3,(H,31,37)/t17?,18-,21?,22-,23?,24?/m0/s1. The average Bonchev–Trinajstić information content (AvgIpc) is 3.53. The predicted molar refractivity (Wildman–Crippen MR) is 138 cm³/mol. The highest BCUT2D eigenvalue weighted by atomic mass is 16.6. The van der Waals surface area contributed by atoms with E-state index in [-0.39, 0.29) is 42.4 Å². The van der Waals surface area contributed by atoms with E-state index in [1.165, 1.54) is 0 Å². The second-order valence-electron chi connectivity index (χ2n) is 11.7. The molecule has 38 heavy (non-hydrogen) atoms. The maximum Gasteiger partial charge on any atom is 0.408 e. The molecule has 2 bridgehead atoms. The van der Waals surface area contributed by atoms with Crippen molar-refractivity contribution >= 4 is 17.9 Å². The van der Waals surface area contributed by atoms with Crippen molar-refractivity contribution in [3.8, 4) is 12.1 Å². The van der Waals surface area contributed by atoms with Gasteiger partial charge in [-0.1, -0.05) is 19.1 Å². The SMILES string of the molecule is CC1CC(C#N)N(C(=O)C(CN2C[C@@H]3CC2C(=O)N3[C@@H](C)c2ccc(C#N)cc2)NC(=O)OC(C)(C)C)C1. The molecule has 4 unspecified atom stereocenters. The van der Waals surface area contributed by atoms with E-state index in [1.807, 2.05) is 35.8 Å². The van der Waals surface area contributed by atoms with Gasteiger partial charge in [-0.25, -0.2) is 4.79 Å². The van der Waals surface area contributed by atoms with Gasteiger partial charge in [0.05, 0.1) is 29.8 Å². The summed E-state index contributed by atoms with van der Waals surface area (Å²) in [4.78, 5) is 45.1. The lowest BCUT2D eigenvalue weighted by Crippen LogP contribution is -2.59. The molecule has 3 heterocycles. The lowest BCUT2D eigenvalue weighted by molar-refractivity contribution is -0.141. The number of benzene rings is 1. The number of nitrogens with zero attached hydrogens (tertiary/aromatic N) is 5. The van der Waals surface area contributed by atoms with Crippen molar-refractivity contribution in [1.29, 1.82) is 10.5 Å². The van der Waals surface area contributed by atoms with Crippen molar-refractivity contribution in [3.63, 3.8) is 0 Å². The highest BCUT2D eigenvalue weighted by Crippen LogP contribution is 2.38. The van der Waals surface area contributed by atoms with Gasteiger partial charge in [-0.3, -0.25) is 14.5 Å². The summed E-state index contributed by atoms with van der Waals surface area (Å²) in [6, 6.07) is 9.55. The van der Waals surface area contributed by atoms with Crippen LogP contribution < -0.4 is 5.32 Å². The van der Waals surface area contributed by atoms with Crippen LogP contribution in [0.3, 0.4) is 0 Å². The Bertz CT molecular complexity index is 1160. The van der Waals surface area contributed by atoms with Crippen LogP contribution in [0.2, 0.25) is 0 Å². The molecule has 10 nitrogen and oxygen atoms in total. The van der Waals surface area contributed by atoms with E-state index in [0.29, 0.717) is 31.5 Å². The number of amides is 3. The lowest BCUT2D eigenvalue weighted by Gasteiger charge is -2.39. The van der Waals surface area contributed by atoms with E-state index >= 15 is 0 Å². The van der Waals surface area contributed by atoms with E-state index in [0.717, 1.165) is 5.56 Å². The number of likely N-dealkylation sites (tertiary alicyclic amines) is 3. The van der Waals surface area contributed by atoms with Gasteiger partial charge in [0.2, 0.25) is 11.8 Å². The number of piperazine rings is 1. The van der Waals surface area contributed by atoms with Crippen molar-refractivity contribution < 1.29 is 19.1 Å². The lowest BCUT2D eigenvalue weighted by atomic mass is 10.0. The molecule has 0 aromatic heterocycles. The van der Waals surface area contributed by atoms with Gasteiger partial charge < -0.3 is 19.9 Å². The number of hydrogen-bond donors (Lipinski definition) is 1. The minimum Gasteiger partial charge on any atom is -0.444 e. The Morgan fingerprint density at radius 3 is 2.42 bits per heavy atom. The van der Waals surface area contributed by atoms with Crippen LogP contribution in [0, 0.1) is 28.6 Å². The van der Waals surface area contributed by atoms with E-state index in [2.05, 4.69) is 17.5 Å². The largest absolute Gasteiger partial charge is 0.444 e. The molecule has 10 heteroatoms. The molecule has 1 aromatic carbocycles. The van der Waals surface area contributed by atoms with Crippen LogP contribution in [0.5, 0.6) is 0 Å². The zero-order valence-electron chi connectivity index (χ0n) is 22.7. The summed E-state index contributed by atoms with van der Waals surface area (Å²) in [5.41, 5.74) is 0.794. The number of alkyl carbamates (subject to hydrolysis) is 1. The first kappa shape index (κ1) is 27.4. The number of nitriles is 2. The van der Waals surface area contributed by atoms with Gasteiger partial charge in [0.1, 0.15) is 17.7 Å². The van der Waals surface area contributed by atoms with Crippen LogP contribution in [0.15, 0.2) is 24.3 Å². The Morgan fingerprint density at radius 2 is 1.84 bits per heavy atom. The Labute approximate surface area is 224 Å². The Balaban J connectivity index is 1.48. The number of carbonyl (C=O) groups excluding carboxylic acids is 3. The maximum absolute atomic E-state index is 13.6. The molecule has 202 valence electrons. The molecule has 3 saturated heterocycles. The Morgan fingerprint density at radius 1 is 1.16 bits per heavy atom. The third kappa shape index (κ3) is 5.61. The second kappa shape index (κ2) is 10.6. The number of fused-ring (bicyclic) bond motifs is 2. The number of hydrogen-bond acceptors (Lipinski definition) is 7. The number of carbonyl (C=O) groups is 3. The summed E-state index contributed by atoms with van der Waals surface area (Å²) >= 11 is 0. The molecule has 0 spiro atoms. The minimum atomic E-state index is -0.942. The van der Waals surface area contributed by atoms with Crippen LogP contribution in [0.1, 0.15) is 64.6 Å². The van der Waals surface area contributed by atoms with Crippen LogP contribution >= 0.6 is 0 Å². The zero-order chi connectivity index (χ0) is 27.8. The quantitative estimate of drug-likeness (QED) is 0.610. The van der Waals surface area contributed by atoms with E-state index in [9.17, 15) is 19.6 Å². The van der Waals surface area contributed by atoms with E-state index < -0.39 is 23.8 Å². The summed E-state index contributed by atoms with van der Waals surface area (Å²) in [6.45, 7) is 10.4. The Kier molecular flexibility index (Phi) is 7.66. The molecule has 6 atom stereocenters. The van der Waals surface area contributed by atoms with E-state index in [4.69, 9.17) is 10.00 Å². The molecule has 3 fully saturated rings. The Hall–Kier alpha value is -3.63.